The fraction of sp³-hybridized carbons (Fsp3) is 0.455. The zero-order valence-corrected chi connectivity index (χ0v) is 15.2. The Morgan fingerprint density at radius 3 is 2.76 bits per heavy atom. The maximum atomic E-state index is 5.56. The topological polar surface area (TPSA) is 33.3 Å². The van der Waals surface area contributed by atoms with Crippen molar-refractivity contribution in [1.82, 2.24) is 10.6 Å². The summed E-state index contributed by atoms with van der Waals surface area (Å²) in [6.45, 7) is 2.99. The average molecular weight is 336 g/mol. The molecule has 0 amide bonds. The Balaban J connectivity index is 1.55. The van der Waals surface area contributed by atoms with Gasteiger partial charge >= 0.3 is 0 Å². The van der Waals surface area contributed by atoms with Crippen LogP contribution in [0.5, 0.6) is 5.75 Å². The Morgan fingerprint density at radius 1 is 1.12 bits per heavy atom. The first-order valence-corrected chi connectivity index (χ1v) is 9.42. The summed E-state index contributed by atoms with van der Waals surface area (Å²) in [5.74, 6) is 1.73. The molecule has 132 valence electrons. The van der Waals surface area contributed by atoms with Gasteiger partial charge in [0.15, 0.2) is 0 Å². The predicted octanol–water partition coefficient (Wildman–Crippen LogP) is 3.98. The van der Waals surface area contributed by atoms with Crippen LogP contribution in [-0.2, 0) is 6.54 Å². The summed E-state index contributed by atoms with van der Waals surface area (Å²) in [5, 5.41) is 7.77. The lowest BCUT2D eigenvalue weighted by Gasteiger charge is -2.39. The number of hydrogen-bond acceptors (Lipinski definition) is 3. The second-order valence-corrected chi connectivity index (χ2v) is 7.55. The Kier molecular flexibility index (Phi) is 4.78. The van der Waals surface area contributed by atoms with Gasteiger partial charge in [0.1, 0.15) is 5.75 Å². The highest BCUT2D eigenvalue weighted by molar-refractivity contribution is 5.37. The van der Waals surface area contributed by atoms with Crippen molar-refractivity contribution in [2.45, 2.75) is 50.9 Å². The number of rotatable bonds is 5. The van der Waals surface area contributed by atoms with Crippen molar-refractivity contribution in [3.63, 3.8) is 0 Å². The molecule has 3 heteroatoms. The fourth-order valence-electron chi connectivity index (χ4n) is 4.65. The van der Waals surface area contributed by atoms with E-state index in [2.05, 4.69) is 66.1 Å². The van der Waals surface area contributed by atoms with E-state index in [-0.39, 0.29) is 0 Å². The molecule has 1 saturated heterocycles. The highest BCUT2D eigenvalue weighted by Crippen LogP contribution is 2.40. The molecule has 1 aliphatic heterocycles. The summed E-state index contributed by atoms with van der Waals surface area (Å²) in [5.41, 5.74) is 3.92. The van der Waals surface area contributed by atoms with Gasteiger partial charge in [0, 0.05) is 30.2 Å². The zero-order valence-electron chi connectivity index (χ0n) is 15.2. The van der Waals surface area contributed by atoms with Gasteiger partial charge in [-0.05, 0) is 43.7 Å². The third-order valence-corrected chi connectivity index (χ3v) is 5.88. The summed E-state index contributed by atoms with van der Waals surface area (Å²) in [7, 11) is 1.75. The maximum absolute atomic E-state index is 5.56. The summed E-state index contributed by atoms with van der Waals surface area (Å²) < 4.78 is 5.56. The Labute approximate surface area is 150 Å². The molecule has 0 radical (unpaired) electrons. The van der Waals surface area contributed by atoms with Crippen LogP contribution in [0.2, 0.25) is 0 Å². The van der Waals surface area contributed by atoms with Gasteiger partial charge in [-0.1, -0.05) is 48.0 Å². The Bertz CT molecular complexity index is 715. The standard InChI is InChI=1S/C22H28N2O/c1-15-8-11-20(25-2)18(12-15)14-23-21-17-9-10-19(13-17)24-22(21)16-6-4-3-5-7-16/h3-8,11-12,17,19,21-24H,9-10,13-14H2,1-2H3. The monoisotopic (exact) mass is 336 g/mol. The minimum Gasteiger partial charge on any atom is -0.496 e. The van der Waals surface area contributed by atoms with Gasteiger partial charge in [-0.3, -0.25) is 0 Å². The molecular weight excluding hydrogens is 308 g/mol. The van der Waals surface area contributed by atoms with Crippen LogP contribution in [0.25, 0.3) is 0 Å². The van der Waals surface area contributed by atoms with Crippen LogP contribution in [0.15, 0.2) is 48.5 Å². The normalized spacial score (nSPS) is 28.1. The third kappa shape index (κ3) is 3.44. The fourth-order valence-corrected chi connectivity index (χ4v) is 4.65. The van der Waals surface area contributed by atoms with Crippen LogP contribution >= 0.6 is 0 Å². The summed E-state index contributed by atoms with van der Waals surface area (Å²) >= 11 is 0. The van der Waals surface area contributed by atoms with E-state index in [0.29, 0.717) is 18.1 Å². The van der Waals surface area contributed by atoms with E-state index in [0.717, 1.165) is 18.2 Å². The number of piperidine rings is 1. The van der Waals surface area contributed by atoms with Crippen LogP contribution in [0.3, 0.4) is 0 Å². The number of benzene rings is 2. The minimum absolute atomic E-state index is 0.392. The Morgan fingerprint density at radius 2 is 1.96 bits per heavy atom. The van der Waals surface area contributed by atoms with Crippen LogP contribution in [0.1, 0.15) is 42.0 Å². The molecule has 1 saturated carbocycles. The van der Waals surface area contributed by atoms with E-state index in [1.807, 2.05) is 0 Å². The van der Waals surface area contributed by atoms with Gasteiger partial charge in [-0.2, -0.15) is 0 Å². The van der Waals surface area contributed by atoms with Crippen molar-refractivity contribution in [2.24, 2.45) is 5.92 Å². The Hall–Kier alpha value is -1.84. The summed E-state index contributed by atoms with van der Waals surface area (Å²) in [4.78, 5) is 0. The van der Waals surface area contributed by atoms with Gasteiger partial charge in [0.25, 0.3) is 0 Å². The molecule has 1 heterocycles. The number of ether oxygens (including phenoxy) is 1. The van der Waals surface area contributed by atoms with Crippen LogP contribution in [-0.4, -0.2) is 19.2 Å². The van der Waals surface area contributed by atoms with Gasteiger partial charge in [0.05, 0.1) is 7.11 Å². The van der Waals surface area contributed by atoms with E-state index in [1.54, 1.807) is 7.11 Å². The lowest BCUT2D eigenvalue weighted by atomic mass is 9.84. The highest BCUT2D eigenvalue weighted by atomic mass is 16.5. The predicted molar refractivity (Wildman–Crippen MR) is 102 cm³/mol. The first-order valence-electron chi connectivity index (χ1n) is 9.42. The van der Waals surface area contributed by atoms with E-state index < -0.39 is 0 Å². The molecule has 3 nitrogen and oxygen atoms in total. The van der Waals surface area contributed by atoms with Crippen molar-refractivity contribution in [2.75, 3.05) is 7.11 Å². The lowest BCUT2D eigenvalue weighted by Crippen LogP contribution is -2.51. The van der Waals surface area contributed by atoms with E-state index >= 15 is 0 Å². The molecule has 0 spiro atoms. The molecule has 4 unspecified atom stereocenters. The molecule has 25 heavy (non-hydrogen) atoms. The molecule has 2 aliphatic rings. The lowest BCUT2D eigenvalue weighted by molar-refractivity contribution is 0.224. The molecule has 4 atom stereocenters. The number of fused-ring (bicyclic) bond motifs is 2. The van der Waals surface area contributed by atoms with Crippen molar-refractivity contribution >= 4 is 0 Å². The number of aryl methyl sites for hydroxylation is 1. The second-order valence-electron chi connectivity index (χ2n) is 7.55. The largest absolute Gasteiger partial charge is 0.496 e. The van der Waals surface area contributed by atoms with Crippen molar-refractivity contribution in [3.8, 4) is 5.75 Å². The molecular formula is C22H28N2O. The summed E-state index contributed by atoms with van der Waals surface area (Å²) in [6.07, 6.45) is 3.93. The van der Waals surface area contributed by atoms with Crippen molar-refractivity contribution in [3.05, 3.63) is 65.2 Å². The SMILES string of the molecule is COc1ccc(C)cc1CNC1C2CCC(C2)NC1c1ccccc1. The van der Waals surface area contributed by atoms with E-state index in [1.165, 1.54) is 36.0 Å². The minimum atomic E-state index is 0.392. The van der Waals surface area contributed by atoms with Crippen molar-refractivity contribution < 1.29 is 4.74 Å². The first-order chi connectivity index (χ1) is 12.2. The van der Waals surface area contributed by atoms with Gasteiger partial charge in [-0.25, -0.2) is 0 Å². The average Bonchev–Trinajstić information content (AvgIpc) is 3.04. The van der Waals surface area contributed by atoms with Crippen LogP contribution in [0.4, 0.5) is 0 Å². The third-order valence-electron chi connectivity index (χ3n) is 5.88. The quantitative estimate of drug-likeness (QED) is 0.866. The maximum Gasteiger partial charge on any atom is 0.123 e. The first kappa shape index (κ1) is 16.6. The van der Waals surface area contributed by atoms with Crippen molar-refractivity contribution in [1.29, 1.82) is 0 Å². The van der Waals surface area contributed by atoms with Gasteiger partial charge in [0.2, 0.25) is 0 Å². The molecule has 2 aromatic carbocycles. The highest BCUT2D eigenvalue weighted by Gasteiger charge is 2.41. The number of nitrogens with one attached hydrogen (secondary N) is 2. The molecule has 1 aliphatic carbocycles. The van der Waals surface area contributed by atoms with E-state index in [9.17, 15) is 0 Å². The molecule has 2 N–H and O–H groups in total. The number of hydrogen-bond donors (Lipinski definition) is 2. The van der Waals surface area contributed by atoms with Gasteiger partial charge < -0.3 is 15.4 Å². The molecule has 2 fully saturated rings. The van der Waals surface area contributed by atoms with Gasteiger partial charge in [-0.15, -0.1) is 0 Å². The molecule has 4 rings (SSSR count). The van der Waals surface area contributed by atoms with Crippen LogP contribution in [0, 0.1) is 12.8 Å². The van der Waals surface area contributed by atoms with Crippen LogP contribution < -0.4 is 15.4 Å². The molecule has 2 aromatic rings. The zero-order chi connectivity index (χ0) is 17.2. The second kappa shape index (κ2) is 7.19. The molecule has 0 aromatic heterocycles. The number of methoxy groups -OCH3 is 1. The smallest absolute Gasteiger partial charge is 0.123 e. The summed E-state index contributed by atoms with van der Waals surface area (Å²) in [6, 6.07) is 18.9. The van der Waals surface area contributed by atoms with E-state index in [4.69, 9.17) is 4.74 Å². The molecule has 2 bridgehead atoms.